The number of anilines is 1. The highest BCUT2D eigenvalue weighted by Crippen LogP contribution is 2.34. The lowest BCUT2D eigenvalue weighted by atomic mass is 10.3. The van der Waals surface area contributed by atoms with Gasteiger partial charge in [-0.2, -0.15) is 0 Å². The van der Waals surface area contributed by atoms with E-state index in [-0.39, 0.29) is 4.90 Å². The highest BCUT2D eigenvalue weighted by Gasteiger charge is 2.24. The van der Waals surface area contributed by atoms with Crippen LogP contribution in [0.2, 0.25) is 0 Å². The quantitative estimate of drug-likeness (QED) is 0.767. The molecule has 0 aliphatic rings. The second-order valence-corrected chi connectivity index (χ2v) is 6.88. The molecule has 0 unspecified atom stereocenters. The molecule has 7 heteroatoms. The smallest absolute Gasteiger partial charge is 0.264 e. The normalized spacial score (nSPS) is 11.0. The van der Waals surface area contributed by atoms with Gasteiger partial charge in [0.25, 0.3) is 10.0 Å². The summed E-state index contributed by atoms with van der Waals surface area (Å²) in [4.78, 5) is 0.173. The molecule has 0 bridgehead atoms. The second-order valence-electron chi connectivity index (χ2n) is 4.91. The Hall–Kier alpha value is -2.41. The number of ether oxygens (including phenoxy) is 3. The molecule has 0 aromatic heterocycles. The van der Waals surface area contributed by atoms with Crippen LogP contribution in [0.3, 0.4) is 0 Å². The Morgan fingerprint density at radius 1 is 0.958 bits per heavy atom. The molecule has 0 saturated heterocycles. The Morgan fingerprint density at radius 2 is 1.58 bits per heavy atom. The molecule has 0 aliphatic carbocycles. The molecule has 0 fully saturated rings. The van der Waals surface area contributed by atoms with Crippen molar-refractivity contribution < 1.29 is 22.6 Å². The summed E-state index contributed by atoms with van der Waals surface area (Å²) < 4.78 is 42.6. The molecule has 2 rings (SSSR count). The van der Waals surface area contributed by atoms with Crippen molar-refractivity contribution in [3.8, 4) is 17.2 Å². The fraction of sp³-hybridized carbons (Fsp3) is 0.294. The third-order valence-electron chi connectivity index (χ3n) is 3.52. The van der Waals surface area contributed by atoms with Gasteiger partial charge in [0, 0.05) is 13.1 Å². The lowest BCUT2D eigenvalue weighted by molar-refractivity contribution is 0.340. The fourth-order valence-corrected chi connectivity index (χ4v) is 3.41. The maximum Gasteiger partial charge on any atom is 0.264 e. The zero-order valence-electron chi connectivity index (χ0n) is 14.1. The van der Waals surface area contributed by atoms with Crippen molar-refractivity contribution in [3.63, 3.8) is 0 Å². The van der Waals surface area contributed by atoms with E-state index in [4.69, 9.17) is 14.2 Å². The van der Waals surface area contributed by atoms with Crippen LogP contribution >= 0.6 is 0 Å². The average molecular weight is 351 g/mol. The first-order chi connectivity index (χ1) is 11.4. The van der Waals surface area contributed by atoms with Crippen molar-refractivity contribution in [1.82, 2.24) is 0 Å². The van der Waals surface area contributed by atoms with Gasteiger partial charge in [0.2, 0.25) is 0 Å². The van der Waals surface area contributed by atoms with Crippen LogP contribution in [0.25, 0.3) is 0 Å². The van der Waals surface area contributed by atoms with Gasteiger partial charge < -0.3 is 14.2 Å². The van der Waals surface area contributed by atoms with E-state index in [9.17, 15) is 8.42 Å². The van der Waals surface area contributed by atoms with Crippen LogP contribution < -0.4 is 18.5 Å². The number of rotatable bonds is 7. The maximum absolute atomic E-state index is 12.8. The molecule has 0 saturated carbocycles. The molecular weight excluding hydrogens is 330 g/mol. The van der Waals surface area contributed by atoms with Gasteiger partial charge in [-0.25, -0.2) is 8.42 Å². The van der Waals surface area contributed by atoms with E-state index in [2.05, 4.69) is 0 Å². The van der Waals surface area contributed by atoms with Gasteiger partial charge in [0.1, 0.15) is 17.2 Å². The van der Waals surface area contributed by atoms with Crippen LogP contribution in [0.5, 0.6) is 17.2 Å². The molecule has 6 nitrogen and oxygen atoms in total. The first kappa shape index (κ1) is 17.9. The highest BCUT2D eigenvalue weighted by atomic mass is 32.2. The fourth-order valence-electron chi connectivity index (χ4n) is 2.21. The summed E-state index contributed by atoms with van der Waals surface area (Å²) in [6.07, 6.45) is 0. The first-order valence-corrected chi connectivity index (χ1v) is 8.81. The van der Waals surface area contributed by atoms with E-state index >= 15 is 0 Å². The van der Waals surface area contributed by atoms with Gasteiger partial charge in [-0.05, 0) is 43.3 Å². The lowest BCUT2D eigenvalue weighted by Crippen LogP contribution is -2.27. The third-order valence-corrected chi connectivity index (χ3v) is 5.30. The molecule has 0 spiro atoms. The number of benzene rings is 2. The Kier molecular flexibility index (Phi) is 5.56. The Morgan fingerprint density at radius 3 is 2.12 bits per heavy atom. The molecule has 0 atom stereocenters. The minimum absolute atomic E-state index is 0.173. The van der Waals surface area contributed by atoms with Gasteiger partial charge in [-0.15, -0.1) is 0 Å². The van der Waals surface area contributed by atoms with Crippen LogP contribution in [-0.4, -0.2) is 36.3 Å². The molecular formula is C17H21NO5S. The van der Waals surface area contributed by atoms with Crippen molar-refractivity contribution in [2.24, 2.45) is 0 Å². The zero-order valence-corrected chi connectivity index (χ0v) is 15.0. The van der Waals surface area contributed by atoms with Gasteiger partial charge in [0.05, 0.1) is 31.4 Å². The predicted octanol–water partition coefficient (Wildman–Crippen LogP) is 2.93. The largest absolute Gasteiger partial charge is 0.497 e. The molecule has 2 aromatic carbocycles. The highest BCUT2D eigenvalue weighted by molar-refractivity contribution is 7.92. The predicted molar refractivity (Wildman–Crippen MR) is 92.7 cm³/mol. The summed E-state index contributed by atoms with van der Waals surface area (Å²) >= 11 is 0. The van der Waals surface area contributed by atoms with Crippen LogP contribution in [0.15, 0.2) is 47.4 Å². The summed E-state index contributed by atoms with van der Waals surface area (Å²) in [6, 6.07) is 11.3. The van der Waals surface area contributed by atoms with E-state index in [0.29, 0.717) is 29.5 Å². The molecule has 0 aliphatic heterocycles. The van der Waals surface area contributed by atoms with Crippen molar-refractivity contribution in [2.75, 3.05) is 32.2 Å². The standard InChI is InChI=1S/C17H21NO5S/c1-5-23-13-6-9-15(10-7-13)24(19,20)18(2)16-11-8-14(21-3)12-17(16)22-4/h6-12H,5H2,1-4H3. The van der Waals surface area contributed by atoms with Crippen molar-refractivity contribution in [2.45, 2.75) is 11.8 Å². The lowest BCUT2D eigenvalue weighted by Gasteiger charge is -2.22. The Balaban J connectivity index is 2.38. The van der Waals surface area contributed by atoms with Crippen LogP contribution in [-0.2, 0) is 10.0 Å². The van der Waals surface area contributed by atoms with Gasteiger partial charge in [-0.1, -0.05) is 0 Å². The molecule has 0 N–H and O–H groups in total. The van der Waals surface area contributed by atoms with Gasteiger partial charge in [-0.3, -0.25) is 4.31 Å². The second kappa shape index (κ2) is 7.44. The van der Waals surface area contributed by atoms with Crippen molar-refractivity contribution in [1.29, 1.82) is 0 Å². The van der Waals surface area contributed by atoms with E-state index in [1.807, 2.05) is 6.92 Å². The van der Waals surface area contributed by atoms with Crippen LogP contribution in [0, 0.1) is 0 Å². The van der Waals surface area contributed by atoms with Gasteiger partial charge in [0.15, 0.2) is 0 Å². The van der Waals surface area contributed by atoms with Gasteiger partial charge >= 0.3 is 0 Å². The topological polar surface area (TPSA) is 65.1 Å². The monoisotopic (exact) mass is 351 g/mol. The summed E-state index contributed by atoms with van der Waals surface area (Å²) in [6.45, 7) is 2.39. The molecule has 0 radical (unpaired) electrons. The van der Waals surface area contributed by atoms with Crippen LogP contribution in [0.4, 0.5) is 5.69 Å². The number of sulfonamides is 1. The first-order valence-electron chi connectivity index (χ1n) is 7.37. The molecule has 0 amide bonds. The zero-order chi connectivity index (χ0) is 17.7. The molecule has 2 aromatic rings. The number of hydrogen-bond donors (Lipinski definition) is 0. The SMILES string of the molecule is CCOc1ccc(S(=O)(=O)N(C)c2ccc(OC)cc2OC)cc1. The minimum Gasteiger partial charge on any atom is -0.497 e. The maximum atomic E-state index is 12.8. The number of methoxy groups -OCH3 is 2. The van der Waals surface area contributed by atoms with Crippen molar-refractivity contribution in [3.05, 3.63) is 42.5 Å². The van der Waals surface area contributed by atoms with Crippen molar-refractivity contribution >= 4 is 15.7 Å². The van der Waals surface area contributed by atoms with E-state index < -0.39 is 10.0 Å². The summed E-state index contributed by atoms with van der Waals surface area (Å²) in [5, 5.41) is 0. The summed E-state index contributed by atoms with van der Waals surface area (Å²) in [7, 11) is 0.782. The van der Waals surface area contributed by atoms with Crippen LogP contribution in [0.1, 0.15) is 6.92 Å². The third kappa shape index (κ3) is 3.56. The molecule has 0 heterocycles. The Bertz CT molecular complexity index is 787. The molecule has 130 valence electrons. The average Bonchev–Trinajstić information content (AvgIpc) is 2.61. The summed E-state index contributed by atoms with van der Waals surface area (Å²) in [5.74, 6) is 1.62. The minimum atomic E-state index is -3.72. The molecule has 24 heavy (non-hydrogen) atoms. The summed E-state index contributed by atoms with van der Waals surface area (Å²) in [5.41, 5.74) is 0.423. The number of nitrogens with zero attached hydrogens (tertiary/aromatic N) is 1. The van der Waals surface area contributed by atoms with E-state index in [1.165, 1.54) is 37.7 Å². The number of hydrogen-bond acceptors (Lipinski definition) is 5. The van der Waals surface area contributed by atoms with E-state index in [1.54, 1.807) is 30.3 Å². The van der Waals surface area contributed by atoms with E-state index in [0.717, 1.165) is 0 Å². The Labute approximate surface area is 142 Å².